The van der Waals surface area contributed by atoms with E-state index < -0.39 is 10.8 Å². The zero-order chi connectivity index (χ0) is 11.3. The van der Waals surface area contributed by atoms with Gasteiger partial charge in [-0.2, -0.15) is 0 Å². The Hall–Kier alpha value is -2.15. The minimum Gasteiger partial charge on any atom is -0.484 e. The van der Waals surface area contributed by atoms with Crippen molar-refractivity contribution in [1.82, 2.24) is 5.48 Å². The van der Waals surface area contributed by atoms with Gasteiger partial charge in [0.2, 0.25) is 0 Å². The molecule has 0 spiro atoms. The molecule has 0 atom stereocenters. The van der Waals surface area contributed by atoms with Crippen molar-refractivity contribution in [3.05, 3.63) is 34.4 Å². The van der Waals surface area contributed by atoms with Gasteiger partial charge in [-0.25, -0.2) is 5.48 Å². The molecule has 1 aromatic carbocycles. The number of nitro benzene ring substituents is 1. The third kappa shape index (κ3) is 3.24. The number of benzene rings is 1. The lowest BCUT2D eigenvalue weighted by Crippen LogP contribution is -2.25. The highest BCUT2D eigenvalue weighted by Crippen LogP contribution is 2.16. The number of rotatable bonds is 4. The smallest absolute Gasteiger partial charge is 0.281 e. The molecule has 1 aromatic rings. The molecule has 0 unspecified atom stereocenters. The van der Waals surface area contributed by atoms with Crippen molar-refractivity contribution in [2.45, 2.75) is 0 Å². The second-order valence-corrected chi connectivity index (χ2v) is 2.57. The second kappa shape index (κ2) is 4.91. The number of non-ortho nitro benzene ring substituents is 1. The summed E-state index contributed by atoms with van der Waals surface area (Å²) in [5, 5.41) is 18.5. The second-order valence-electron chi connectivity index (χ2n) is 2.57. The molecule has 0 fully saturated rings. The number of nitrogens with zero attached hydrogens (tertiary/aromatic N) is 1. The summed E-state index contributed by atoms with van der Waals surface area (Å²) in [6.45, 7) is -0.353. The summed E-state index contributed by atoms with van der Waals surface area (Å²) in [6, 6.07) is 5.24. The topological polar surface area (TPSA) is 102 Å². The Kier molecular flexibility index (Phi) is 3.58. The van der Waals surface area contributed by atoms with Gasteiger partial charge < -0.3 is 4.74 Å². The number of amides is 1. The van der Waals surface area contributed by atoms with Gasteiger partial charge in [-0.3, -0.25) is 20.1 Å². The predicted molar refractivity (Wildman–Crippen MR) is 48.5 cm³/mol. The van der Waals surface area contributed by atoms with Gasteiger partial charge in [0.05, 0.1) is 4.92 Å². The van der Waals surface area contributed by atoms with E-state index in [0.29, 0.717) is 5.75 Å². The maximum atomic E-state index is 10.6. The maximum absolute atomic E-state index is 10.6. The molecule has 0 aromatic heterocycles. The Morgan fingerprint density at radius 3 is 2.53 bits per heavy atom. The van der Waals surface area contributed by atoms with Gasteiger partial charge in [-0.05, 0) is 12.1 Å². The molecule has 2 N–H and O–H groups in total. The minimum atomic E-state index is -0.701. The lowest BCUT2D eigenvalue weighted by Gasteiger charge is -2.03. The Morgan fingerprint density at radius 2 is 2.07 bits per heavy atom. The molecule has 0 radical (unpaired) electrons. The Balaban J connectivity index is 2.57. The number of hydrogen-bond donors (Lipinski definition) is 2. The normalized spacial score (nSPS) is 9.40. The SMILES string of the molecule is O=C(COc1ccc([N+](=O)[O-])cc1)NO. The van der Waals surface area contributed by atoms with Gasteiger partial charge >= 0.3 is 0 Å². The van der Waals surface area contributed by atoms with E-state index in [4.69, 9.17) is 9.94 Å². The van der Waals surface area contributed by atoms with Crippen LogP contribution in [0.3, 0.4) is 0 Å². The van der Waals surface area contributed by atoms with E-state index in [9.17, 15) is 14.9 Å². The van der Waals surface area contributed by atoms with Crippen LogP contribution in [0.1, 0.15) is 0 Å². The number of hydrogen-bond acceptors (Lipinski definition) is 5. The number of nitro groups is 1. The molecule has 15 heavy (non-hydrogen) atoms. The molecule has 0 aliphatic rings. The van der Waals surface area contributed by atoms with E-state index in [0.717, 1.165) is 0 Å². The van der Waals surface area contributed by atoms with E-state index in [1.165, 1.54) is 29.7 Å². The van der Waals surface area contributed by atoms with E-state index in [-0.39, 0.29) is 12.3 Å². The number of hydroxylamine groups is 1. The van der Waals surface area contributed by atoms with Crippen molar-refractivity contribution in [3.63, 3.8) is 0 Å². The molecule has 0 aliphatic carbocycles. The van der Waals surface area contributed by atoms with Crippen molar-refractivity contribution in [2.75, 3.05) is 6.61 Å². The Bertz CT molecular complexity index is 362. The quantitative estimate of drug-likeness (QED) is 0.429. The highest BCUT2D eigenvalue weighted by Gasteiger charge is 2.05. The first-order valence-corrected chi connectivity index (χ1v) is 3.93. The van der Waals surface area contributed by atoms with Crippen LogP contribution in [0.25, 0.3) is 0 Å². The van der Waals surface area contributed by atoms with Crippen LogP contribution in [0, 0.1) is 10.1 Å². The summed E-state index contributed by atoms with van der Waals surface area (Å²) in [5.74, 6) is -0.391. The highest BCUT2D eigenvalue weighted by molar-refractivity contribution is 5.76. The number of ether oxygens (including phenoxy) is 1. The van der Waals surface area contributed by atoms with Gasteiger partial charge in [0, 0.05) is 12.1 Å². The average Bonchev–Trinajstić information content (AvgIpc) is 2.26. The molecule has 0 saturated heterocycles. The summed E-state index contributed by atoms with van der Waals surface area (Å²) >= 11 is 0. The lowest BCUT2D eigenvalue weighted by atomic mass is 10.3. The first-order chi connectivity index (χ1) is 7.13. The van der Waals surface area contributed by atoms with Crippen LogP contribution >= 0.6 is 0 Å². The summed E-state index contributed by atoms with van der Waals surface area (Å²) in [7, 11) is 0. The zero-order valence-electron chi connectivity index (χ0n) is 7.54. The monoisotopic (exact) mass is 212 g/mol. The van der Waals surface area contributed by atoms with Gasteiger partial charge in [-0.1, -0.05) is 0 Å². The molecule has 7 heteroatoms. The largest absolute Gasteiger partial charge is 0.484 e. The van der Waals surface area contributed by atoms with Crippen molar-refractivity contribution in [1.29, 1.82) is 0 Å². The maximum Gasteiger partial charge on any atom is 0.281 e. The average molecular weight is 212 g/mol. The minimum absolute atomic E-state index is 0.0611. The molecule has 80 valence electrons. The van der Waals surface area contributed by atoms with Crippen molar-refractivity contribution in [2.24, 2.45) is 0 Å². The zero-order valence-corrected chi connectivity index (χ0v) is 7.54. The van der Waals surface area contributed by atoms with Gasteiger partial charge in [0.25, 0.3) is 11.6 Å². The summed E-state index contributed by atoms with van der Waals surface area (Å²) < 4.78 is 4.90. The predicted octanol–water partition coefficient (Wildman–Crippen LogP) is 0.479. The summed E-state index contributed by atoms with van der Waals surface area (Å²) in [6.07, 6.45) is 0. The molecule has 0 bridgehead atoms. The van der Waals surface area contributed by atoms with E-state index in [2.05, 4.69) is 0 Å². The molecular weight excluding hydrogens is 204 g/mol. The van der Waals surface area contributed by atoms with Crippen LogP contribution in [-0.4, -0.2) is 22.6 Å². The fourth-order valence-corrected chi connectivity index (χ4v) is 0.845. The van der Waals surface area contributed by atoms with Crippen LogP contribution in [0.4, 0.5) is 5.69 Å². The molecule has 1 rings (SSSR count). The molecule has 1 amide bonds. The number of carbonyl (C=O) groups is 1. The van der Waals surface area contributed by atoms with Crippen LogP contribution in [0.15, 0.2) is 24.3 Å². The summed E-state index contributed by atoms with van der Waals surface area (Å²) in [4.78, 5) is 20.3. The third-order valence-corrected chi connectivity index (χ3v) is 1.54. The number of carbonyl (C=O) groups excluding carboxylic acids is 1. The summed E-state index contributed by atoms with van der Waals surface area (Å²) in [5.41, 5.74) is 1.33. The van der Waals surface area contributed by atoms with Crippen molar-refractivity contribution in [3.8, 4) is 5.75 Å². The van der Waals surface area contributed by atoms with Crippen LogP contribution in [0.5, 0.6) is 5.75 Å². The molecule has 0 heterocycles. The molecule has 7 nitrogen and oxygen atoms in total. The lowest BCUT2D eigenvalue weighted by molar-refractivity contribution is -0.384. The molecule has 0 saturated carbocycles. The first kappa shape index (κ1) is 10.9. The van der Waals surface area contributed by atoms with Crippen LogP contribution < -0.4 is 10.2 Å². The van der Waals surface area contributed by atoms with Gasteiger partial charge in [0.1, 0.15) is 5.75 Å². The standard InChI is InChI=1S/C8H8N2O5/c11-8(9-12)5-15-7-3-1-6(2-4-7)10(13)14/h1-4,12H,5H2,(H,9,11). The first-order valence-electron chi connectivity index (χ1n) is 3.93. The Morgan fingerprint density at radius 1 is 1.47 bits per heavy atom. The van der Waals surface area contributed by atoms with Crippen LogP contribution in [0.2, 0.25) is 0 Å². The number of nitrogens with one attached hydrogen (secondary N) is 1. The highest BCUT2D eigenvalue weighted by atomic mass is 16.6. The van der Waals surface area contributed by atoms with Gasteiger partial charge in [-0.15, -0.1) is 0 Å². The van der Waals surface area contributed by atoms with Crippen molar-refractivity contribution >= 4 is 11.6 Å². The van der Waals surface area contributed by atoms with Crippen LogP contribution in [-0.2, 0) is 4.79 Å². The third-order valence-electron chi connectivity index (χ3n) is 1.54. The van der Waals surface area contributed by atoms with E-state index in [1.807, 2.05) is 0 Å². The van der Waals surface area contributed by atoms with Crippen molar-refractivity contribution < 1.29 is 19.7 Å². The van der Waals surface area contributed by atoms with E-state index >= 15 is 0 Å². The fourth-order valence-electron chi connectivity index (χ4n) is 0.845. The molecule has 0 aliphatic heterocycles. The van der Waals surface area contributed by atoms with E-state index in [1.54, 1.807) is 0 Å². The molecular formula is C8H8N2O5. The fraction of sp³-hybridized carbons (Fsp3) is 0.125. The van der Waals surface area contributed by atoms with Gasteiger partial charge in [0.15, 0.2) is 6.61 Å². The Labute approximate surface area is 84.4 Å².